The quantitative estimate of drug-likeness (QED) is 0.921. The Morgan fingerprint density at radius 2 is 2.10 bits per heavy atom. The van der Waals surface area contributed by atoms with Crippen LogP contribution in [0.1, 0.15) is 25.5 Å². The number of nitrogens with one attached hydrogen (secondary N) is 1. The van der Waals surface area contributed by atoms with Crippen molar-refractivity contribution in [1.29, 1.82) is 0 Å². The van der Waals surface area contributed by atoms with E-state index in [0.29, 0.717) is 10.7 Å². The molecule has 2 aromatic rings. The lowest BCUT2D eigenvalue weighted by Gasteiger charge is -2.34. The maximum atomic E-state index is 14.1. The van der Waals surface area contributed by atoms with E-state index in [-0.39, 0.29) is 11.2 Å². The summed E-state index contributed by atoms with van der Waals surface area (Å²) in [6, 6.07) is 4.60. The Balaban J connectivity index is 2.08. The molecule has 5 heteroatoms. The Labute approximate surface area is 122 Å². The van der Waals surface area contributed by atoms with Gasteiger partial charge < -0.3 is 5.32 Å². The lowest BCUT2D eigenvalue weighted by Crippen LogP contribution is -2.38. The topological polar surface area (TPSA) is 29.9 Å². The SMILES string of the molecule is CC1(c2cncn2-c2cc(Cl)ccc2F)CCNCC1. The predicted molar refractivity (Wildman–Crippen MR) is 78.0 cm³/mol. The zero-order chi connectivity index (χ0) is 14.2. The van der Waals surface area contributed by atoms with Crippen molar-refractivity contribution >= 4 is 11.6 Å². The van der Waals surface area contributed by atoms with Crippen molar-refractivity contribution < 1.29 is 4.39 Å². The summed E-state index contributed by atoms with van der Waals surface area (Å²) in [6.45, 7) is 4.16. The molecule has 0 bridgehead atoms. The fourth-order valence-electron chi connectivity index (χ4n) is 2.84. The molecule has 0 spiro atoms. The molecule has 0 saturated carbocycles. The molecule has 106 valence electrons. The van der Waals surface area contributed by atoms with Crippen LogP contribution in [0.3, 0.4) is 0 Å². The summed E-state index contributed by atoms with van der Waals surface area (Å²) in [5.41, 5.74) is 1.51. The number of halogens is 2. The van der Waals surface area contributed by atoms with Gasteiger partial charge in [0, 0.05) is 22.3 Å². The fourth-order valence-corrected chi connectivity index (χ4v) is 3.01. The highest BCUT2D eigenvalue weighted by Gasteiger charge is 2.32. The van der Waals surface area contributed by atoms with Crippen molar-refractivity contribution in [2.45, 2.75) is 25.2 Å². The summed E-state index contributed by atoms with van der Waals surface area (Å²) >= 11 is 6.00. The van der Waals surface area contributed by atoms with E-state index in [2.05, 4.69) is 17.2 Å². The molecule has 0 atom stereocenters. The molecule has 20 heavy (non-hydrogen) atoms. The van der Waals surface area contributed by atoms with Crippen LogP contribution in [-0.4, -0.2) is 22.6 Å². The lowest BCUT2D eigenvalue weighted by molar-refractivity contribution is 0.323. The minimum Gasteiger partial charge on any atom is -0.317 e. The van der Waals surface area contributed by atoms with Gasteiger partial charge in [-0.1, -0.05) is 18.5 Å². The first-order valence-electron chi connectivity index (χ1n) is 6.79. The van der Waals surface area contributed by atoms with Crippen LogP contribution in [0.4, 0.5) is 4.39 Å². The third kappa shape index (κ3) is 2.34. The normalized spacial score (nSPS) is 18.1. The van der Waals surface area contributed by atoms with Crippen LogP contribution in [0.15, 0.2) is 30.7 Å². The maximum Gasteiger partial charge on any atom is 0.147 e. The minimum absolute atomic E-state index is 0.0104. The van der Waals surface area contributed by atoms with Crippen LogP contribution < -0.4 is 5.32 Å². The summed E-state index contributed by atoms with van der Waals surface area (Å²) in [6.07, 6.45) is 5.53. The first kappa shape index (κ1) is 13.6. The Morgan fingerprint density at radius 1 is 1.35 bits per heavy atom. The predicted octanol–water partition coefficient (Wildman–Crippen LogP) is 3.31. The highest BCUT2D eigenvalue weighted by atomic mass is 35.5. The second-order valence-corrected chi connectivity index (χ2v) is 5.99. The Morgan fingerprint density at radius 3 is 2.85 bits per heavy atom. The number of rotatable bonds is 2. The standard InChI is InChI=1S/C15H17ClFN3/c1-15(4-6-18-7-5-15)14-9-19-10-20(14)13-8-11(16)2-3-12(13)17/h2-3,8-10,18H,4-7H2,1H3. The Kier molecular flexibility index (Phi) is 3.52. The number of benzene rings is 1. The van der Waals surface area contributed by atoms with Gasteiger partial charge in [-0.05, 0) is 44.1 Å². The maximum absolute atomic E-state index is 14.1. The van der Waals surface area contributed by atoms with Gasteiger partial charge in [-0.3, -0.25) is 4.57 Å². The zero-order valence-electron chi connectivity index (χ0n) is 11.4. The molecule has 2 heterocycles. The molecule has 0 unspecified atom stereocenters. The first-order chi connectivity index (χ1) is 9.60. The van der Waals surface area contributed by atoms with E-state index in [0.717, 1.165) is 31.6 Å². The summed E-state index contributed by atoms with van der Waals surface area (Å²) in [5, 5.41) is 3.88. The van der Waals surface area contributed by atoms with Gasteiger partial charge >= 0.3 is 0 Å². The lowest BCUT2D eigenvalue weighted by atomic mass is 9.78. The number of nitrogens with zero attached hydrogens (tertiary/aromatic N) is 2. The number of hydrogen-bond donors (Lipinski definition) is 1. The average molecular weight is 294 g/mol. The Bertz CT molecular complexity index is 617. The summed E-state index contributed by atoms with van der Waals surface area (Å²) in [4.78, 5) is 4.22. The first-order valence-corrected chi connectivity index (χ1v) is 7.17. The van der Waals surface area contributed by atoms with E-state index in [4.69, 9.17) is 11.6 Å². The van der Waals surface area contributed by atoms with Crippen molar-refractivity contribution in [2.24, 2.45) is 0 Å². The number of hydrogen-bond acceptors (Lipinski definition) is 2. The van der Waals surface area contributed by atoms with Crippen molar-refractivity contribution in [1.82, 2.24) is 14.9 Å². The van der Waals surface area contributed by atoms with Crippen molar-refractivity contribution in [3.8, 4) is 5.69 Å². The number of aromatic nitrogens is 2. The molecule has 1 aromatic carbocycles. The summed E-state index contributed by atoms with van der Waals surface area (Å²) < 4.78 is 15.9. The fraction of sp³-hybridized carbons (Fsp3) is 0.400. The molecular weight excluding hydrogens is 277 g/mol. The summed E-state index contributed by atoms with van der Waals surface area (Å²) in [7, 11) is 0. The van der Waals surface area contributed by atoms with Gasteiger partial charge in [-0.25, -0.2) is 9.37 Å². The van der Waals surface area contributed by atoms with Crippen LogP contribution in [0.2, 0.25) is 5.02 Å². The summed E-state index contributed by atoms with van der Waals surface area (Å²) in [5.74, 6) is -0.286. The molecule has 3 rings (SSSR count). The third-order valence-corrected chi connectivity index (χ3v) is 4.37. The van der Waals surface area contributed by atoms with Gasteiger partial charge in [-0.15, -0.1) is 0 Å². The van der Waals surface area contributed by atoms with Crippen LogP contribution >= 0.6 is 11.6 Å². The largest absolute Gasteiger partial charge is 0.317 e. The molecule has 1 saturated heterocycles. The molecule has 1 N–H and O–H groups in total. The van der Waals surface area contributed by atoms with E-state index in [1.54, 1.807) is 18.5 Å². The van der Waals surface area contributed by atoms with Gasteiger partial charge in [0.05, 0.1) is 12.0 Å². The Hall–Kier alpha value is -1.39. The zero-order valence-corrected chi connectivity index (χ0v) is 12.1. The highest BCUT2D eigenvalue weighted by molar-refractivity contribution is 6.30. The van der Waals surface area contributed by atoms with Gasteiger partial charge in [0.15, 0.2) is 0 Å². The molecule has 1 aliphatic heterocycles. The highest BCUT2D eigenvalue weighted by Crippen LogP contribution is 2.34. The number of imidazole rings is 1. The number of piperidine rings is 1. The van der Waals surface area contributed by atoms with Gasteiger partial charge in [0.2, 0.25) is 0 Å². The van der Waals surface area contributed by atoms with Crippen molar-refractivity contribution in [2.75, 3.05) is 13.1 Å². The van der Waals surface area contributed by atoms with Crippen LogP contribution in [-0.2, 0) is 5.41 Å². The van der Waals surface area contributed by atoms with E-state index in [1.165, 1.54) is 6.07 Å². The van der Waals surface area contributed by atoms with Gasteiger partial charge in [0.25, 0.3) is 0 Å². The van der Waals surface area contributed by atoms with E-state index >= 15 is 0 Å². The van der Waals surface area contributed by atoms with Gasteiger partial charge in [-0.2, -0.15) is 0 Å². The van der Waals surface area contributed by atoms with Crippen molar-refractivity contribution in [3.63, 3.8) is 0 Å². The molecule has 0 radical (unpaired) electrons. The molecule has 0 amide bonds. The smallest absolute Gasteiger partial charge is 0.147 e. The second-order valence-electron chi connectivity index (χ2n) is 5.56. The molecule has 1 fully saturated rings. The monoisotopic (exact) mass is 293 g/mol. The van der Waals surface area contributed by atoms with Crippen molar-refractivity contribution in [3.05, 3.63) is 47.3 Å². The molecule has 1 aromatic heterocycles. The van der Waals surface area contributed by atoms with E-state index < -0.39 is 0 Å². The van der Waals surface area contributed by atoms with Gasteiger partial charge in [0.1, 0.15) is 5.82 Å². The molecule has 1 aliphatic rings. The van der Waals surface area contributed by atoms with Crippen LogP contribution in [0, 0.1) is 5.82 Å². The van der Waals surface area contributed by atoms with Crippen LogP contribution in [0.5, 0.6) is 0 Å². The van der Waals surface area contributed by atoms with E-state index in [1.807, 2.05) is 10.8 Å². The third-order valence-electron chi connectivity index (χ3n) is 4.13. The second kappa shape index (κ2) is 5.19. The molecular formula is C15H17ClFN3. The molecule has 3 nitrogen and oxygen atoms in total. The van der Waals surface area contributed by atoms with E-state index in [9.17, 15) is 4.39 Å². The van der Waals surface area contributed by atoms with Crippen LogP contribution in [0.25, 0.3) is 5.69 Å². The average Bonchev–Trinajstić information content (AvgIpc) is 2.92. The minimum atomic E-state index is -0.286. The molecule has 0 aliphatic carbocycles.